The molecule has 0 unspecified atom stereocenters. The molecule has 0 atom stereocenters. The summed E-state index contributed by atoms with van der Waals surface area (Å²) >= 11 is 0. The zero-order valence-electron chi connectivity index (χ0n) is 22.2. The molecule has 0 amide bonds. The van der Waals surface area contributed by atoms with Crippen molar-refractivity contribution < 1.29 is 0 Å². The Morgan fingerprint density at radius 3 is 2.11 bits per heavy atom. The van der Waals surface area contributed by atoms with Gasteiger partial charge in [0.15, 0.2) is 0 Å². The Hall–Kier alpha value is -3.45. The Morgan fingerprint density at radius 1 is 0.919 bits per heavy atom. The van der Waals surface area contributed by atoms with E-state index in [0.29, 0.717) is 24.5 Å². The molecule has 3 aromatic rings. The van der Waals surface area contributed by atoms with Gasteiger partial charge in [-0.2, -0.15) is 15.0 Å². The Labute approximate surface area is 221 Å². The van der Waals surface area contributed by atoms with Crippen LogP contribution in [0.3, 0.4) is 0 Å². The summed E-state index contributed by atoms with van der Waals surface area (Å²) in [5.41, 5.74) is 5.87. The van der Waals surface area contributed by atoms with Crippen LogP contribution in [0, 0.1) is 0 Å². The van der Waals surface area contributed by atoms with Gasteiger partial charge in [-0.05, 0) is 61.4 Å². The number of aromatic nitrogens is 3. The zero-order chi connectivity index (χ0) is 25.6. The normalized spacial score (nSPS) is 16.1. The highest BCUT2D eigenvalue weighted by atomic mass is 15.3. The highest BCUT2D eigenvalue weighted by molar-refractivity contribution is 5.46. The van der Waals surface area contributed by atoms with Crippen molar-refractivity contribution in [2.45, 2.75) is 51.1 Å². The molecule has 0 radical (unpaired) electrons. The number of benzene rings is 2. The summed E-state index contributed by atoms with van der Waals surface area (Å²) in [5.74, 6) is 1.96. The van der Waals surface area contributed by atoms with Gasteiger partial charge in [0.2, 0.25) is 17.8 Å². The van der Waals surface area contributed by atoms with Gasteiger partial charge in [0.25, 0.3) is 0 Å². The molecule has 1 aliphatic heterocycles. The van der Waals surface area contributed by atoms with Crippen molar-refractivity contribution in [1.29, 1.82) is 0 Å². The van der Waals surface area contributed by atoms with Crippen LogP contribution in [0.15, 0.2) is 61.2 Å². The Morgan fingerprint density at radius 2 is 1.51 bits per heavy atom. The summed E-state index contributed by atoms with van der Waals surface area (Å²) in [6.07, 6.45) is 7.17. The molecule has 194 valence electrons. The monoisotopic (exact) mass is 497 g/mol. The van der Waals surface area contributed by atoms with E-state index in [9.17, 15) is 0 Å². The third-order valence-corrected chi connectivity index (χ3v) is 7.65. The lowest BCUT2D eigenvalue weighted by Gasteiger charge is -2.41. The van der Waals surface area contributed by atoms with Gasteiger partial charge in [-0.25, -0.2) is 0 Å². The summed E-state index contributed by atoms with van der Waals surface area (Å²) in [4.78, 5) is 18.9. The minimum atomic E-state index is 0.281. The highest BCUT2D eigenvalue weighted by Crippen LogP contribution is 2.38. The van der Waals surface area contributed by atoms with Crippen molar-refractivity contribution >= 4 is 17.8 Å². The first-order valence-corrected chi connectivity index (χ1v) is 13.6. The number of piperidine rings is 1. The second-order valence-electron chi connectivity index (χ2n) is 10.1. The fourth-order valence-corrected chi connectivity index (χ4v) is 5.68. The summed E-state index contributed by atoms with van der Waals surface area (Å²) in [5, 5.41) is 6.55. The molecule has 0 bridgehead atoms. The van der Waals surface area contributed by atoms with Crippen LogP contribution >= 0.6 is 0 Å². The van der Waals surface area contributed by atoms with Crippen molar-refractivity contribution in [2.24, 2.45) is 0 Å². The Kier molecular flexibility index (Phi) is 7.99. The maximum Gasteiger partial charge on any atom is 0.231 e. The summed E-state index contributed by atoms with van der Waals surface area (Å²) < 4.78 is 0. The molecule has 1 aromatic heterocycles. The van der Waals surface area contributed by atoms with Crippen LogP contribution in [0.5, 0.6) is 0 Å². The standard InChI is InChI=1S/C30H39N7/c1-4-18-31-28-33-29(32-19-5-2)35-30(34-28)37-20-16-24(17-21-37)36(3)27-25-12-8-6-10-22(25)14-15-23-11-7-9-13-26(23)27/h4,6-13,24,27H,1,5,14-21H2,2-3H3,(H2,31,32,33,34,35). The van der Waals surface area contributed by atoms with E-state index < -0.39 is 0 Å². The van der Waals surface area contributed by atoms with Gasteiger partial charge < -0.3 is 15.5 Å². The minimum absolute atomic E-state index is 0.281. The van der Waals surface area contributed by atoms with E-state index in [2.05, 4.69) is 94.5 Å². The number of anilines is 3. The zero-order valence-corrected chi connectivity index (χ0v) is 22.2. The second-order valence-corrected chi connectivity index (χ2v) is 10.1. The predicted molar refractivity (Wildman–Crippen MR) is 152 cm³/mol. The third-order valence-electron chi connectivity index (χ3n) is 7.65. The second kappa shape index (κ2) is 11.7. The van der Waals surface area contributed by atoms with Crippen LogP contribution < -0.4 is 15.5 Å². The molecule has 7 nitrogen and oxygen atoms in total. The molecular weight excluding hydrogens is 458 g/mol. The minimum Gasteiger partial charge on any atom is -0.354 e. The largest absolute Gasteiger partial charge is 0.354 e. The molecule has 0 saturated carbocycles. The Bertz CT molecular complexity index is 1150. The smallest absolute Gasteiger partial charge is 0.231 e. The number of rotatable bonds is 9. The first kappa shape index (κ1) is 25.2. The maximum absolute atomic E-state index is 4.75. The number of aryl methyl sites for hydroxylation is 2. The molecular formula is C30H39N7. The number of nitrogens with one attached hydrogen (secondary N) is 2. The number of hydrogen-bond donors (Lipinski definition) is 2. The number of nitrogens with zero attached hydrogens (tertiary/aromatic N) is 5. The van der Waals surface area contributed by atoms with Gasteiger partial charge in [0, 0.05) is 32.2 Å². The van der Waals surface area contributed by atoms with Crippen molar-refractivity contribution in [3.63, 3.8) is 0 Å². The quantitative estimate of drug-likeness (QED) is 0.400. The maximum atomic E-state index is 4.75. The lowest BCUT2D eigenvalue weighted by molar-refractivity contribution is 0.169. The fraction of sp³-hybridized carbons (Fsp3) is 0.433. The average Bonchev–Trinajstić information content (AvgIpc) is 3.11. The SMILES string of the molecule is C=CCNc1nc(NCCC)nc(N2CCC(N(C)C3c4ccccc4CCc4ccccc43)CC2)n1. The fourth-order valence-electron chi connectivity index (χ4n) is 5.68. The van der Waals surface area contributed by atoms with Crippen LogP contribution in [0.1, 0.15) is 54.5 Å². The lowest BCUT2D eigenvalue weighted by Crippen LogP contribution is -2.45. The molecule has 2 heterocycles. The number of hydrogen-bond acceptors (Lipinski definition) is 7. The van der Waals surface area contributed by atoms with Crippen molar-refractivity contribution in [3.05, 3.63) is 83.4 Å². The highest BCUT2D eigenvalue weighted by Gasteiger charge is 2.33. The van der Waals surface area contributed by atoms with Crippen LogP contribution in [0.2, 0.25) is 0 Å². The van der Waals surface area contributed by atoms with E-state index in [4.69, 9.17) is 9.97 Å². The Balaban J connectivity index is 1.35. The van der Waals surface area contributed by atoms with E-state index in [0.717, 1.165) is 57.7 Å². The molecule has 7 heteroatoms. The molecule has 5 rings (SSSR count). The van der Waals surface area contributed by atoms with Crippen molar-refractivity contribution in [2.75, 3.05) is 48.8 Å². The summed E-state index contributed by atoms with van der Waals surface area (Å²) in [6.45, 7) is 9.22. The van der Waals surface area contributed by atoms with Gasteiger partial charge >= 0.3 is 0 Å². The molecule has 37 heavy (non-hydrogen) atoms. The average molecular weight is 498 g/mol. The van der Waals surface area contributed by atoms with Gasteiger partial charge in [-0.3, -0.25) is 4.90 Å². The number of fused-ring (bicyclic) bond motifs is 2. The van der Waals surface area contributed by atoms with Crippen molar-refractivity contribution in [3.8, 4) is 0 Å². The van der Waals surface area contributed by atoms with Crippen LogP contribution in [-0.2, 0) is 12.8 Å². The van der Waals surface area contributed by atoms with E-state index in [1.54, 1.807) is 0 Å². The first-order valence-electron chi connectivity index (χ1n) is 13.6. The molecule has 2 aliphatic rings. The van der Waals surface area contributed by atoms with E-state index in [-0.39, 0.29) is 6.04 Å². The van der Waals surface area contributed by atoms with Crippen molar-refractivity contribution in [1.82, 2.24) is 19.9 Å². The molecule has 1 fully saturated rings. The topological polar surface area (TPSA) is 69.2 Å². The molecule has 0 spiro atoms. The van der Waals surface area contributed by atoms with E-state index >= 15 is 0 Å². The predicted octanol–water partition coefficient (Wildman–Crippen LogP) is 5.08. The van der Waals surface area contributed by atoms with E-state index in [1.165, 1.54) is 22.3 Å². The lowest BCUT2D eigenvalue weighted by atomic mass is 9.91. The molecule has 2 N–H and O–H groups in total. The summed E-state index contributed by atoms with van der Waals surface area (Å²) in [6, 6.07) is 18.8. The van der Waals surface area contributed by atoms with Gasteiger partial charge in [-0.1, -0.05) is 61.5 Å². The van der Waals surface area contributed by atoms with Gasteiger partial charge in [-0.15, -0.1) is 6.58 Å². The van der Waals surface area contributed by atoms with E-state index in [1.807, 2.05) is 6.08 Å². The molecule has 1 aliphatic carbocycles. The summed E-state index contributed by atoms with van der Waals surface area (Å²) in [7, 11) is 2.32. The molecule has 2 aromatic carbocycles. The van der Waals surface area contributed by atoms with Gasteiger partial charge in [0.05, 0.1) is 6.04 Å². The van der Waals surface area contributed by atoms with Gasteiger partial charge in [0.1, 0.15) is 0 Å². The molecule has 1 saturated heterocycles. The van der Waals surface area contributed by atoms with Crippen LogP contribution in [-0.4, -0.2) is 59.1 Å². The van der Waals surface area contributed by atoms with Crippen LogP contribution in [0.25, 0.3) is 0 Å². The third kappa shape index (κ3) is 5.62. The van der Waals surface area contributed by atoms with Crippen LogP contribution in [0.4, 0.5) is 17.8 Å². The first-order chi connectivity index (χ1) is 18.2.